The van der Waals surface area contributed by atoms with Crippen molar-refractivity contribution in [3.63, 3.8) is 0 Å². The average Bonchev–Trinajstić information content (AvgIpc) is 3.20. The molecule has 1 aromatic carbocycles. The van der Waals surface area contributed by atoms with Crippen molar-refractivity contribution in [2.75, 3.05) is 33.3 Å². The highest BCUT2D eigenvalue weighted by Crippen LogP contribution is 2.23. The molecule has 1 saturated heterocycles. The maximum absolute atomic E-state index is 12.8. The van der Waals surface area contributed by atoms with E-state index in [1.165, 1.54) is 0 Å². The zero-order valence-corrected chi connectivity index (χ0v) is 14.7. The molecule has 2 heterocycles. The van der Waals surface area contributed by atoms with E-state index in [4.69, 9.17) is 9.52 Å². The van der Waals surface area contributed by atoms with Gasteiger partial charge in [0.25, 0.3) is 5.91 Å². The van der Waals surface area contributed by atoms with Gasteiger partial charge in [-0.3, -0.25) is 4.79 Å². The molecule has 25 heavy (non-hydrogen) atoms. The lowest BCUT2D eigenvalue weighted by Crippen LogP contribution is -2.45. The number of aliphatic hydroxyl groups excluding tert-OH is 1. The van der Waals surface area contributed by atoms with Gasteiger partial charge in [0.15, 0.2) is 0 Å². The van der Waals surface area contributed by atoms with E-state index in [2.05, 4.69) is 11.9 Å². The zero-order chi connectivity index (χ0) is 17.6. The number of carbonyl (C=O) groups is 1. The standard InChI is InChI=1S/C20H26N2O3/c1-21(9-3-12-23)19-6-10-22(11-7-19)20(24)17-5-2-4-16(14-17)18-8-13-25-15-18/h2,4-5,8,13-15,19,23H,3,6-7,9-12H2,1H3. The number of aliphatic hydroxyl groups is 1. The number of benzene rings is 1. The lowest BCUT2D eigenvalue weighted by Gasteiger charge is -2.36. The van der Waals surface area contributed by atoms with Gasteiger partial charge in [-0.05, 0) is 50.1 Å². The second-order valence-corrected chi connectivity index (χ2v) is 6.67. The molecule has 1 aliphatic rings. The van der Waals surface area contributed by atoms with Crippen LogP contribution in [0.1, 0.15) is 29.6 Å². The molecule has 1 aromatic heterocycles. The van der Waals surface area contributed by atoms with E-state index in [0.717, 1.165) is 55.6 Å². The number of piperidine rings is 1. The Morgan fingerprint density at radius 2 is 2.08 bits per heavy atom. The summed E-state index contributed by atoms with van der Waals surface area (Å²) in [4.78, 5) is 17.1. The molecule has 0 bridgehead atoms. The Hall–Kier alpha value is -2.11. The topological polar surface area (TPSA) is 56.9 Å². The number of rotatable bonds is 6. The highest BCUT2D eigenvalue weighted by atomic mass is 16.3. The molecule has 1 N–H and O–H groups in total. The Morgan fingerprint density at radius 1 is 1.28 bits per heavy atom. The largest absolute Gasteiger partial charge is 0.472 e. The number of furan rings is 1. The molecule has 0 spiro atoms. The maximum atomic E-state index is 12.8. The molecule has 5 nitrogen and oxygen atoms in total. The fourth-order valence-corrected chi connectivity index (χ4v) is 3.46. The summed E-state index contributed by atoms with van der Waals surface area (Å²) in [7, 11) is 2.10. The van der Waals surface area contributed by atoms with Crippen molar-refractivity contribution in [3.05, 3.63) is 48.4 Å². The zero-order valence-electron chi connectivity index (χ0n) is 14.7. The summed E-state index contributed by atoms with van der Waals surface area (Å²) in [6.45, 7) is 2.70. The van der Waals surface area contributed by atoms with Crippen LogP contribution in [0.15, 0.2) is 47.3 Å². The first-order chi connectivity index (χ1) is 12.2. The van der Waals surface area contributed by atoms with Crippen LogP contribution in [0.4, 0.5) is 0 Å². The van der Waals surface area contributed by atoms with Gasteiger partial charge in [-0.2, -0.15) is 0 Å². The minimum Gasteiger partial charge on any atom is -0.472 e. The van der Waals surface area contributed by atoms with Gasteiger partial charge < -0.3 is 19.3 Å². The van der Waals surface area contributed by atoms with E-state index in [1.807, 2.05) is 35.2 Å². The van der Waals surface area contributed by atoms with E-state index in [9.17, 15) is 4.79 Å². The number of likely N-dealkylation sites (tertiary alicyclic amines) is 1. The summed E-state index contributed by atoms with van der Waals surface area (Å²) < 4.78 is 5.13. The van der Waals surface area contributed by atoms with Gasteiger partial charge in [0.1, 0.15) is 0 Å². The SMILES string of the molecule is CN(CCCO)C1CCN(C(=O)c2cccc(-c3ccoc3)c2)CC1. The first-order valence-electron chi connectivity index (χ1n) is 8.92. The van der Waals surface area contributed by atoms with E-state index >= 15 is 0 Å². The fourth-order valence-electron chi connectivity index (χ4n) is 3.46. The molecule has 1 amide bonds. The molecule has 2 aromatic rings. The van der Waals surface area contributed by atoms with Crippen molar-refractivity contribution in [2.24, 2.45) is 0 Å². The second-order valence-electron chi connectivity index (χ2n) is 6.67. The predicted octanol–water partition coefficient (Wildman–Crippen LogP) is 2.87. The first kappa shape index (κ1) is 17.7. The van der Waals surface area contributed by atoms with Crippen LogP contribution in [0, 0.1) is 0 Å². The normalized spacial score (nSPS) is 15.7. The summed E-state index contributed by atoms with van der Waals surface area (Å²) in [5.74, 6) is 0.0989. The molecule has 0 radical (unpaired) electrons. The quantitative estimate of drug-likeness (QED) is 0.877. The van der Waals surface area contributed by atoms with Gasteiger partial charge >= 0.3 is 0 Å². The Balaban J connectivity index is 1.60. The van der Waals surface area contributed by atoms with Crippen molar-refractivity contribution >= 4 is 5.91 Å². The van der Waals surface area contributed by atoms with E-state index < -0.39 is 0 Å². The molecule has 1 aliphatic heterocycles. The monoisotopic (exact) mass is 342 g/mol. The molecule has 3 rings (SSSR count). The van der Waals surface area contributed by atoms with E-state index in [0.29, 0.717) is 6.04 Å². The van der Waals surface area contributed by atoms with Crippen LogP contribution in [-0.2, 0) is 0 Å². The molecule has 1 fully saturated rings. The van der Waals surface area contributed by atoms with Crippen LogP contribution in [0.25, 0.3) is 11.1 Å². The van der Waals surface area contributed by atoms with Crippen LogP contribution in [-0.4, -0.2) is 60.1 Å². The third-order valence-electron chi connectivity index (χ3n) is 5.01. The molecular weight excluding hydrogens is 316 g/mol. The number of carbonyl (C=O) groups excluding carboxylic acids is 1. The Labute approximate surface area is 148 Å². The lowest BCUT2D eigenvalue weighted by atomic mass is 10.0. The first-order valence-corrected chi connectivity index (χ1v) is 8.92. The second kappa shape index (κ2) is 8.32. The van der Waals surface area contributed by atoms with Crippen molar-refractivity contribution < 1.29 is 14.3 Å². The van der Waals surface area contributed by atoms with Crippen LogP contribution in [0.2, 0.25) is 0 Å². The van der Waals surface area contributed by atoms with Crippen molar-refractivity contribution in [1.29, 1.82) is 0 Å². The van der Waals surface area contributed by atoms with Crippen LogP contribution in [0.5, 0.6) is 0 Å². The molecule has 134 valence electrons. The number of hydrogen-bond acceptors (Lipinski definition) is 4. The summed E-state index contributed by atoms with van der Waals surface area (Å²) in [5, 5.41) is 8.96. The minimum absolute atomic E-state index is 0.0989. The van der Waals surface area contributed by atoms with Crippen LogP contribution >= 0.6 is 0 Å². The van der Waals surface area contributed by atoms with Crippen molar-refractivity contribution in [3.8, 4) is 11.1 Å². The summed E-state index contributed by atoms with van der Waals surface area (Å²) in [6, 6.07) is 10.1. The van der Waals surface area contributed by atoms with Crippen molar-refractivity contribution in [2.45, 2.75) is 25.3 Å². The Bertz CT molecular complexity index is 676. The number of amides is 1. The van der Waals surface area contributed by atoms with Crippen LogP contribution < -0.4 is 0 Å². The third kappa shape index (κ3) is 4.30. The fraction of sp³-hybridized carbons (Fsp3) is 0.450. The number of nitrogens with zero attached hydrogens (tertiary/aromatic N) is 2. The minimum atomic E-state index is 0.0989. The molecule has 5 heteroatoms. The molecule has 0 aliphatic carbocycles. The Kier molecular flexibility index (Phi) is 5.89. The smallest absolute Gasteiger partial charge is 0.253 e. The summed E-state index contributed by atoms with van der Waals surface area (Å²) >= 11 is 0. The van der Waals surface area contributed by atoms with Gasteiger partial charge in [-0.1, -0.05) is 12.1 Å². The van der Waals surface area contributed by atoms with Crippen LogP contribution in [0.3, 0.4) is 0 Å². The summed E-state index contributed by atoms with van der Waals surface area (Å²) in [5.41, 5.74) is 2.71. The van der Waals surface area contributed by atoms with Gasteiger partial charge in [-0.15, -0.1) is 0 Å². The average molecular weight is 342 g/mol. The molecule has 0 unspecified atom stereocenters. The van der Waals surface area contributed by atoms with E-state index in [-0.39, 0.29) is 12.5 Å². The highest BCUT2D eigenvalue weighted by molar-refractivity contribution is 5.95. The van der Waals surface area contributed by atoms with Gasteiger partial charge in [0.2, 0.25) is 0 Å². The molecular formula is C20H26N2O3. The molecule has 0 atom stereocenters. The number of hydrogen-bond donors (Lipinski definition) is 1. The third-order valence-corrected chi connectivity index (χ3v) is 5.01. The maximum Gasteiger partial charge on any atom is 0.253 e. The lowest BCUT2D eigenvalue weighted by molar-refractivity contribution is 0.0641. The van der Waals surface area contributed by atoms with Crippen molar-refractivity contribution in [1.82, 2.24) is 9.80 Å². The van der Waals surface area contributed by atoms with E-state index in [1.54, 1.807) is 12.5 Å². The highest BCUT2D eigenvalue weighted by Gasteiger charge is 2.25. The Morgan fingerprint density at radius 3 is 2.76 bits per heavy atom. The summed E-state index contributed by atoms with van der Waals surface area (Å²) in [6.07, 6.45) is 6.10. The molecule has 0 saturated carbocycles. The predicted molar refractivity (Wildman–Crippen MR) is 97.4 cm³/mol. The van der Waals surface area contributed by atoms with Gasteiger partial charge in [-0.25, -0.2) is 0 Å². The van der Waals surface area contributed by atoms with Gasteiger partial charge in [0, 0.05) is 43.4 Å². The van der Waals surface area contributed by atoms with Gasteiger partial charge in [0.05, 0.1) is 12.5 Å².